The summed E-state index contributed by atoms with van der Waals surface area (Å²) in [7, 11) is 0. The molecule has 0 amide bonds. The second kappa shape index (κ2) is 11.1. The summed E-state index contributed by atoms with van der Waals surface area (Å²) in [6.07, 6.45) is 6.54. The Kier molecular flexibility index (Phi) is 7.19. The molecule has 0 unspecified atom stereocenters. The molecule has 0 bridgehead atoms. The molecule has 2 aliphatic rings. The van der Waals surface area contributed by atoms with Crippen LogP contribution in [0.15, 0.2) is 48.7 Å². The summed E-state index contributed by atoms with van der Waals surface area (Å²) in [5.41, 5.74) is 6.58. The van der Waals surface area contributed by atoms with Gasteiger partial charge >= 0.3 is 0 Å². The smallest absolute Gasteiger partial charge is 0.138 e. The van der Waals surface area contributed by atoms with Gasteiger partial charge in [-0.05, 0) is 133 Å². The molecule has 206 valence electrons. The van der Waals surface area contributed by atoms with Crippen molar-refractivity contribution >= 4 is 44.5 Å². The van der Waals surface area contributed by atoms with Gasteiger partial charge in [-0.2, -0.15) is 5.10 Å². The van der Waals surface area contributed by atoms with E-state index in [1.54, 1.807) is 12.3 Å². The number of pyridine rings is 1. The molecule has 0 spiro atoms. The molecular weight excluding hydrogens is 618 g/mol. The number of halogens is 2. The first kappa shape index (κ1) is 25.9. The van der Waals surface area contributed by atoms with Crippen molar-refractivity contribution in [2.75, 3.05) is 39.3 Å². The first-order valence-electron chi connectivity index (χ1n) is 14.1. The Balaban J connectivity index is 1.22. The summed E-state index contributed by atoms with van der Waals surface area (Å²) < 4.78 is 22.0. The van der Waals surface area contributed by atoms with Crippen molar-refractivity contribution in [3.8, 4) is 28.3 Å². The maximum atomic E-state index is 14.7. The average molecular weight is 651 g/mol. The molecule has 5 heterocycles. The summed E-state index contributed by atoms with van der Waals surface area (Å²) in [5.74, 6) is 0.789. The average Bonchev–Trinajstić information content (AvgIpc) is 3.72. The third-order valence-corrected chi connectivity index (χ3v) is 9.24. The normalized spacial score (nSPS) is 16.9. The standard InChI is InChI=1S/C31H32FIN6O/c32-21-13-20(14-22(15-21)40-12-11-39-9-1-2-10-39)23-5-8-35-31-25(23)17-29(36-31)30-26-16-24(19-3-6-34-7-4-19)27(33)18-28(26)37-38-30/h5,8,13-19,34H,1-4,6-7,9-12H2,(H,35,36)(H,37,38). The van der Waals surface area contributed by atoms with Gasteiger partial charge in [0.05, 0.1) is 11.2 Å². The topological polar surface area (TPSA) is 81.9 Å². The zero-order valence-electron chi connectivity index (χ0n) is 22.3. The maximum absolute atomic E-state index is 14.7. The lowest BCUT2D eigenvalue weighted by Gasteiger charge is -2.24. The van der Waals surface area contributed by atoms with Gasteiger partial charge in [0.2, 0.25) is 0 Å². The first-order valence-corrected chi connectivity index (χ1v) is 15.2. The Morgan fingerprint density at radius 3 is 2.73 bits per heavy atom. The van der Waals surface area contributed by atoms with Crippen molar-refractivity contribution in [2.24, 2.45) is 0 Å². The largest absolute Gasteiger partial charge is 0.492 e. The number of nitrogens with zero attached hydrogens (tertiary/aromatic N) is 3. The van der Waals surface area contributed by atoms with Crippen LogP contribution in [0, 0.1) is 9.39 Å². The van der Waals surface area contributed by atoms with Gasteiger partial charge in [-0.3, -0.25) is 10.00 Å². The molecule has 0 saturated carbocycles. The van der Waals surface area contributed by atoms with Crippen molar-refractivity contribution in [3.05, 3.63) is 63.6 Å². The fourth-order valence-electron chi connectivity index (χ4n) is 6.21. The summed E-state index contributed by atoms with van der Waals surface area (Å²) in [4.78, 5) is 10.5. The predicted molar refractivity (Wildman–Crippen MR) is 165 cm³/mol. The SMILES string of the molecule is Fc1cc(OCCN2CCCC2)cc(-c2ccnc3[nH]c(-c4n[nH]c5cc(I)c(C6CCNCC6)cc45)cc23)c1. The molecule has 2 aliphatic heterocycles. The fraction of sp³-hybridized carbons (Fsp3) is 0.355. The van der Waals surface area contributed by atoms with Crippen LogP contribution in [0.3, 0.4) is 0 Å². The van der Waals surface area contributed by atoms with Gasteiger partial charge < -0.3 is 15.0 Å². The minimum absolute atomic E-state index is 0.312. The Labute approximate surface area is 246 Å². The summed E-state index contributed by atoms with van der Waals surface area (Å²) in [5, 5.41) is 13.4. The highest BCUT2D eigenvalue weighted by Gasteiger charge is 2.21. The predicted octanol–water partition coefficient (Wildman–Crippen LogP) is 6.46. The quantitative estimate of drug-likeness (QED) is 0.176. The Hall–Kier alpha value is -3.02. The highest BCUT2D eigenvalue weighted by Crippen LogP contribution is 2.37. The van der Waals surface area contributed by atoms with E-state index < -0.39 is 0 Å². The second-order valence-corrected chi connectivity index (χ2v) is 12.1. The monoisotopic (exact) mass is 650 g/mol. The Morgan fingerprint density at radius 2 is 1.88 bits per heavy atom. The van der Waals surface area contributed by atoms with Crippen LogP contribution in [0.2, 0.25) is 0 Å². The third kappa shape index (κ3) is 5.10. The van der Waals surface area contributed by atoms with Crippen molar-refractivity contribution < 1.29 is 9.13 Å². The number of rotatable bonds is 7. The number of likely N-dealkylation sites (tertiary alicyclic amines) is 1. The number of hydrogen-bond acceptors (Lipinski definition) is 5. The molecule has 7 nitrogen and oxygen atoms in total. The molecule has 9 heteroatoms. The van der Waals surface area contributed by atoms with Gasteiger partial charge in [-0.1, -0.05) is 0 Å². The van der Waals surface area contributed by atoms with E-state index in [0.717, 1.165) is 90.0 Å². The van der Waals surface area contributed by atoms with Crippen LogP contribution in [0.25, 0.3) is 44.5 Å². The van der Waals surface area contributed by atoms with Gasteiger partial charge in [-0.25, -0.2) is 9.37 Å². The van der Waals surface area contributed by atoms with Gasteiger partial charge in [0.25, 0.3) is 0 Å². The number of benzene rings is 2. The number of aromatic nitrogens is 4. The van der Waals surface area contributed by atoms with Gasteiger partial charge in [0.1, 0.15) is 29.5 Å². The molecule has 0 atom stereocenters. The molecular formula is C31H32FIN6O. The van der Waals surface area contributed by atoms with Crippen molar-refractivity contribution in [1.82, 2.24) is 30.4 Å². The molecule has 2 aromatic carbocycles. The number of piperidine rings is 1. The van der Waals surface area contributed by atoms with Crippen LogP contribution < -0.4 is 10.1 Å². The number of H-pyrrole nitrogens is 2. The number of fused-ring (bicyclic) bond motifs is 2. The van der Waals surface area contributed by atoms with Crippen LogP contribution in [-0.2, 0) is 0 Å². The molecule has 2 saturated heterocycles. The van der Waals surface area contributed by atoms with E-state index in [9.17, 15) is 4.39 Å². The molecule has 0 aliphatic carbocycles. The minimum Gasteiger partial charge on any atom is -0.492 e. The number of aromatic amines is 2. The van der Waals surface area contributed by atoms with Gasteiger partial charge in [0.15, 0.2) is 0 Å². The second-order valence-electron chi connectivity index (χ2n) is 10.9. The first-order chi connectivity index (χ1) is 19.6. The molecule has 5 aromatic rings. The van der Waals surface area contributed by atoms with E-state index in [2.05, 4.69) is 66.1 Å². The lowest BCUT2D eigenvalue weighted by atomic mass is 9.89. The number of nitrogens with one attached hydrogen (secondary N) is 3. The maximum Gasteiger partial charge on any atom is 0.138 e. The Morgan fingerprint density at radius 1 is 1.02 bits per heavy atom. The van der Waals surface area contributed by atoms with E-state index in [4.69, 9.17) is 9.84 Å². The van der Waals surface area contributed by atoms with E-state index in [0.29, 0.717) is 18.3 Å². The van der Waals surface area contributed by atoms with Crippen molar-refractivity contribution in [1.29, 1.82) is 0 Å². The van der Waals surface area contributed by atoms with Crippen molar-refractivity contribution in [2.45, 2.75) is 31.6 Å². The van der Waals surface area contributed by atoms with E-state index in [1.165, 1.54) is 28.0 Å². The summed E-state index contributed by atoms with van der Waals surface area (Å²) in [6.45, 7) is 5.76. The molecule has 40 heavy (non-hydrogen) atoms. The fourth-order valence-corrected chi connectivity index (χ4v) is 7.12. The minimum atomic E-state index is -0.312. The highest BCUT2D eigenvalue weighted by molar-refractivity contribution is 14.1. The molecule has 7 rings (SSSR count). The van der Waals surface area contributed by atoms with Crippen LogP contribution in [0.1, 0.15) is 37.2 Å². The zero-order chi connectivity index (χ0) is 27.1. The molecule has 0 radical (unpaired) electrons. The lowest BCUT2D eigenvalue weighted by molar-refractivity contribution is 0.237. The molecule has 3 N–H and O–H groups in total. The van der Waals surface area contributed by atoms with E-state index in [1.807, 2.05) is 12.1 Å². The highest BCUT2D eigenvalue weighted by atomic mass is 127. The zero-order valence-corrected chi connectivity index (χ0v) is 24.4. The van der Waals surface area contributed by atoms with Gasteiger partial charge in [-0.15, -0.1) is 0 Å². The van der Waals surface area contributed by atoms with Gasteiger partial charge in [0, 0.05) is 33.2 Å². The van der Waals surface area contributed by atoms with Crippen LogP contribution in [0.5, 0.6) is 5.75 Å². The summed E-state index contributed by atoms with van der Waals surface area (Å²) >= 11 is 2.45. The van der Waals surface area contributed by atoms with Crippen LogP contribution in [0.4, 0.5) is 4.39 Å². The lowest BCUT2D eigenvalue weighted by Crippen LogP contribution is -2.26. The number of hydrogen-bond donors (Lipinski definition) is 3. The molecule has 3 aromatic heterocycles. The van der Waals surface area contributed by atoms with Crippen LogP contribution in [-0.4, -0.2) is 64.4 Å². The molecule has 2 fully saturated rings. The van der Waals surface area contributed by atoms with E-state index in [-0.39, 0.29) is 5.82 Å². The Bertz CT molecular complexity index is 1670. The van der Waals surface area contributed by atoms with Crippen molar-refractivity contribution in [3.63, 3.8) is 0 Å². The summed E-state index contributed by atoms with van der Waals surface area (Å²) in [6, 6.07) is 13.5. The van der Waals surface area contributed by atoms with E-state index >= 15 is 0 Å². The number of ether oxygens (including phenoxy) is 1. The van der Waals surface area contributed by atoms with Crippen LogP contribution >= 0.6 is 22.6 Å². The third-order valence-electron chi connectivity index (χ3n) is 8.30.